The average Bonchev–Trinajstić information content (AvgIpc) is 3.06. The Morgan fingerprint density at radius 2 is 2.03 bits per heavy atom. The van der Waals surface area contributed by atoms with Crippen molar-refractivity contribution in [3.63, 3.8) is 0 Å². The van der Waals surface area contributed by atoms with Crippen LogP contribution in [0.3, 0.4) is 0 Å². The van der Waals surface area contributed by atoms with E-state index in [-0.39, 0.29) is 18.0 Å². The van der Waals surface area contributed by atoms with Crippen LogP contribution in [-0.4, -0.2) is 72.9 Å². The number of hydrogen-bond donors (Lipinski definition) is 0. The number of carbonyl (C=O) groups excluding carboxylic acids is 1. The van der Waals surface area contributed by atoms with E-state index in [0.29, 0.717) is 19.1 Å². The molecule has 1 atom stereocenters. The van der Waals surface area contributed by atoms with Gasteiger partial charge in [0.05, 0.1) is 17.9 Å². The molecule has 0 aromatic carbocycles. The maximum absolute atomic E-state index is 12.7. The summed E-state index contributed by atoms with van der Waals surface area (Å²) in [6.07, 6.45) is 3.21. The van der Waals surface area contributed by atoms with Crippen molar-refractivity contribution in [2.75, 3.05) is 50.8 Å². The molecule has 0 aliphatic carbocycles. The van der Waals surface area contributed by atoms with Crippen LogP contribution in [-0.2, 0) is 14.3 Å². The van der Waals surface area contributed by atoms with E-state index >= 15 is 0 Å². The maximum Gasteiger partial charge on any atom is 0.309 e. The lowest BCUT2D eigenvalue weighted by atomic mass is 9.96. The summed E-state index contributed by atoms with van der Waals surface area (Å²) < 4.78 is 11.5. The van der Waals surface area contributed by atoms with E-state index in [1.807, 2.05) is 0 Å². The molecule has 2 aliphatic heterocycles. The molecule has 170 valence electrons. The summed E-state index contributed by atoms with van der Waals surface area (Å²) in [5.74, 6) is 1.50. The number of nitrogens with zero attached hydrogens (tertiary/aromatic N) is 4. The molecule has 2 aliphatic rings. The van der Waals surface area contributed by atoms with Crippen molar-refractivity contribution in [2.45, 2.75) is 46.6 Å². The lowest BCUT2D eigenvalue weighted by Gasteiger charge is -2.34. The van der Waals surface area contributed by atoms with Crippen molar-refractivity contribution in [3.8, 4) is 0 Å². The Balaban J connectivity index is 1.29. The maximum atomic E-state index is 12.7. The van der Waals surface area contributed by atoms with Gasteiger partial charge in [-0.25, -0.2) is 9.97 Å². The summed E-state index contributed by atoms with van der Waals surface area (Å²) in [5.41, 5.74) is 1.26. The number of aromatic nitrogens is 2. The summed E-state index contributed by atoms with van der Waals surface area (Å²) in [6.45, 7) is 14.3. The van der Waals surface area contributed by atoms with Crippen LogP contribution in [0.5, 0.6) is 0 Å². The summed E-state index contributed by atoms with van der Waals surface area (Å²) in [7, 11) is 0. The normalized spacial score (nSPS) is 21.2. The highest BCUT2D eigenvalue weighted by atomic mass is 32.1. The molecule has 0 bridgehead atoms. The number of anilines is 1. The quantitative estimate of drug-likeness (QED) is 0.630. The van der Waals surface area contributed by atoms with E-state index in [1.165, 1.54) is 10.4 Å². The Hall–Kier alpha value is -1.77. The van der Waals surface area contributed by atoms with Gasteiger partial charge in [-0.05, 0) is 38.2 Å². The highest BCUT2D eigenvalue weighted by Gasteiger charge is 2.30. The number of carbonyl (C=O) groups is 1. The van der Waals surface area contributed by atoms with Gasteiger partial charge >= 0.3 is 5.97 Å². The standard InChI is InChI=1S/C23H34N4O3S/c1-15(2)11-26-9-10-29-19(12-26)13-30-23(28)18-5-7-27(8-6-18)21-20-16(3)17(4)31-22(20)25-14-24-21/h14-15,18-19H,5-13H2,1-4H3. The molecule has 4 heterocycles. The third-order valence-corrected chi connectivity index (χ3v) is 7.45. The van der Waals surface area contributed by atoms with Gasteiger partial charge < -0.3 is 14.4 Å². The smallest absolute Gasteiger partial charge is 0.309 e. The second-order valence-corrected chi connectivity index (χ2v) is 10.4. The number of hydrogen-bond acceptors (Lipinski definition) is 8. The highest BCUT2D eigenvalue weighted by Crippen LogP contribution is 2.35. The number of morpholine rings is 1. The predicted octanol–water partition coefficient (Wildman–Crippen LogP) is 3.42. The molecule has 0 saturated carbocycles. The molecular formula is C23H34N4O3S. The van der Waals surface area contributed by atoms with Gasteiger partial charge in [-0.1, -0.05) is 13.8 Å². The fourth-order valence-electron chi connectivity index (χ4n) is 4.59. The Bertz CT molecular complexity index is 908. The van der Waals surface area contributed by atoms with E-state index in [1.54, 1.807) is 17.7 Å². The largest absolute Gasteiger partial charge is 0.463 e. The molecule has 4 rings (SSSR count). The lowest BCUT2D eigenvalue weighted by molar-refractivity contribution is -0.156. The Kier molecular flexibility index (Phi) is 7.08. The van der Waals surface area contributed by atoms with E-state index in [9.17, 15) is 4.79 Å². The molecule has 0 radical (unpaired) electrons. The SMILES string of the molecule is Cc1sc2ncnc(N3CCC(C(=O)OCC4CN(CC(C)C)CCO4)CC3)c2c1C. The molecule has 0 spiro atoms. The summed E-state index contributed by atoms with van der Waals surface area (Å²) in [6, 6.07) is 0. The minimum Gasteiger partial charge on any atom is -0.463 e. The molecule has 2 saturated heterocycles. The zero-order chi connectivity index (χ0) is 22.0. The first kappa shape index (κ1) is 22.4. The number of ether oxygens (including phenoxy) is 2. The van der Waals surface area contributed by atoms with Crippen LogP contribution in [0, 0.1) is 25.7 Å². The molecule has 31 heavy (non-hydrogen) atoms. The van der Waals surface area contributed by atoms with E-state index in [2.05, 4.69) is 47.5 Å². The van der Waals surface area contributed by atoms with Gasteiger partial charge in [-0.15, -0.1) is 11.3 Å². The third kappa shape index (κ3) is 5.18. The van der Waals surface area contributed by atoms with E-state index in [0.717, 1.165) is 61.6 Å². The zero-order valence-electron chi connectivity index (χ0n) is 19.1. The van der Waals surface area contributed by atoms with Crippen molar-refractivity contribution >= 4 is 33.3 Å². The molecule has 0 amide bonds. The van der Waals surface area contributed by atoms with Gasteiger partial charge in [0.1, 0.15) is 29.7 Å². The number of rotatable bonds is 6. The fourth-order valence-corrected chi connectivity index (χ4v) is 5.58. The van der Waals surface area contributed by atoms with Gasteiger partial charge in [-0.3, -0.25) is 9.69 Å². The minimum atomic E-state index is -0.0837. The number of piperidine rings is 1. The summed E-state index contributed by atoms with van der Waals surface area (Å²) >= 11 is 1.72. The number of aryl methyl sites for hydroxylation is 2. The van der Waals surface area contributed by atoms with Crippen LogP contribution in [0.1, 0.15) is 37.1 Å². The Morgan fingerprint density at radius 1 is 1.26 bits per heavy atom. The minimum absolute atomic E-state index is 0.0179. The van der Waals surface area contributed by atoms with Crippen LogP contribution in [0.25, 0.3) is 10.2 Å². The lowest BCUT2D eigenvalue weighted by Crippen LogP contribution is -2.46. The summed E-state index contributed by atoms with van der Waals surface area (Å²) in [5, 5.41) is 1.16. The van der Waals surface area contributed by atoms with Gasteiger partial charge in [0.2, 0.25) is 0 Å². The van der Waals surface area contributed by atoms with Gasteiger partial charge in [0.15, 0.2) is 0 Å². The van der Waals surface area contributed by atoms with E-state index in [4.69, 9.17) is 9.47 Å². The fraction of sp³-hybridized carbons (Fsp3) is 0.696. The number of esters is 1. The number of thiophene rings is 1. The monoisotopic (exact) mass is 446 g/mol. The van der Waals surface area contributed by atoms with Gasteiger partial charge in [0, 0.05) is 37.6 Å². The predicted molar refractivity (Wildman–Crippen MR) is 124 cm³/mol. The summed E-state index contributed by atoms with van der Waals surface area (Å²) in [4.78, 5) is 28.7. The van der Waals surface area contributed by atoms with Crippen molar-refractivity contribution in [3.05, 3.63) is 16.8 Å². The molecule has 2 aromatic rings. The van der Waals surface area contributed by atoms with Crippen molar-refractivity contribution in [2.24, 2.45) is 11.8 Å². The molecule has 2 aromatic heterocycles. The molecule has 8 heteroatoms. The molecule has 1 unspecified atom stereocenters. The first-order valence-electron chi connectivity index (χ1n) is 11.4. The number of fused-ring (bicyclic) bond motifs is 1. The highest BCUT2D eigenvalue weighted by molar-refractivity contribution is 7.18. The van der Waals surface area contributed by atoms with E-state index < -0.39 is 0 Å². The third-order valence-electron chi connectivity index (χ3n) is 6.33. The van der Waals surface area contributed by atoms with Crippen molar-refractivity contribution < 1.29 is 14.3 Å². The topological polar surface area (TPSA) is 67.8 Å². The van der Waals surface area contributed by atoms with Crippen LogP contribution in [0.2, 0.25) is 0 Å². The second kappa shape index (κ2) is 9.79. The van der Waals surface area contributed by atoms with Crippen LogP contribution < -0.4 is 4.90 Å². The van der Waals surface area contributed by atoms with Gasteiger partial charge in [-0.2, -0.15) is 0 Å². The zero-order valence-corrected chi connectivity index (χ0v) is 19.9. The van der Waals surface area contributed by atoms with Crippen LogP contribution in [0.15, 0.2) is 6.33 Å². The molecule has 7 nitrogen and oxygen atoms in total. The Labute approximate surface area is 188 Å². The molecular weight excluding hydrogens is 412 g/mol. The first-order chi connectivity index (χ1) is 14.9. The van der Waals surface area contributed by atoms with Gasteiger partial charge in [0.25, 0.3) is 0 Å². The van der Waals surface area contributed by atoms with Crippen molar-refractivity contribution in [1.82, 2.24) is 14.9 Å². The molecule has 2 fully saturated rings. The molecule has 0 N–H and O–H groups in total. The first-order valence-corrected chi connectivity index (χ1v) is 12.2. The van der Waals surface area contributed by atoms with Crippen LogP contribution in [0.4, 0.5) is 5.82 Å². The average molecular weight is 447 g/mol. The second-order valence-electron chi connectivity index (χ2n) is 9.20. The Morgan fingerprint density at radius 3 is 2.77 bits per heavy atom. The van der Waals surface area contributed by atoms with Crippen molar-refractivity contribution in [1.29, 1.82) is 0 Å². The van der Waals surface area contributed by atoms with Crippen LogP contribution >= 0.6 is 11.3 Å².